The summed E-state index contributed by atoms with van der Waals surface area (Å²) in [7, 11) is 0. The average molecular weight is 294 g/mol. The summed E-state index contributed by atoms with van der Waals surface area (Å²) < 4.78 is 2.38. The van der Waals surface area contributed by atoms with Gasteiger partial charge >= 0.3 is 0 Å². The predicted molar refractivity (Wildman–Crippen MR) is 83.2 cm³/mol. The number of nitrogens with one attached hydrogen (secondary N) is 1. The molecule has 2 atom stereocenters. The Morgan fingerprint density at radius 2 is 2.05 bits per heavy atom. The Kier molecular flexibility index (Phi) is 4.99. The highest BCUT2D eigenvalue weighted by atomic mass is 32.2. The van der Waals surface area contributed by atoms with E-state index in [4.69, 9.17) is 0 Å². The Bertz CT molecular complexity index is 430. The van der Waals surface area contributed by atoms with Crippen molar-refractivity contribution < 1.29 is 0 Å². The largest absolute Gasteiger partial charge is 0.313 e. The maximum Gasteiger partial charge on any atom is 0.191 e. The van der Waals surface area contributed by atoms with Gasteiger partial charge in [-0.2, -0.15) is 0 Å². The second-order valence-corrected chi connectivity index (χ2v) is 7.17. The van der Waals surface area contributed by atoms with E-state index in [0.717, 1.165) is 24.7 Å². The topological polar surface area (TPSA) is 42.7 Å². The molecule has 1 aliphatic carbocycles. The second-order valence-electron chi connectivity index (χ2n) is 5.97. The molecule has 0 saturated heterocycles. The lowest BCUT2D eigenvalue weighted by Crippen LogP contribution is -2.40. The molecule has 2 unspecified atom stereocenters. The maximum atomic E-state index is 4.48. The third-order valence-corrected chi connectivity index (χ3v) is 5.88. The van der Waals surface area contributed by atoms with Gasteiger partial charge in [-0.1, -0.05) is 37.9 Å². The molecular formula is C15H26N4S. The van der Waals surface area contributed by atoms with Crippen molar-refractivity contribution in [2.45, 2.75) is 81.3 Å². The van der Waals surface area contributed by atoms with Crippen LogP contribution in [0.5, 0.6) is 0 Å². The van der Waals surface area contributed by atoms with E-state index in [0.29, 0.717) is 11.3 Å². The zero-order valence-electron chi connectivity index (χ0n) is 12.5. The first-order valence-electron chi connectivity index (χ1n) is 8.20. The minimum Gasteiger partial charge on any atom is -0.313 e. The lowest BCUT2D eigenvalue weighted by molar-refractivity contribution is 0.390. The van der Waals surface area contributed by atoms with Crippen LogP contribution < -0.4 is 5.32 Å². The van der Waals surface area contributed by atoms with Crippen molar-refractivity contribution in [1.29, 1.82) is 0 Å². The quantitative estimate of drug-likeness (QED) is 0.927. The fourth-order valence-corrected chi connectivity index (χ4v) is 4.78. The van der Waals surface area contributed by atoms with Gasteiger partial charge in [0.1, 0.15) is 5.82 Å². The molecule has 1 aromatic rings. The number of nitrogens with zero attached hydrogens (tertiary/aromatic N) is 3. The zero-order valence-corrected chi connectivity index (χ0v) is 13.3. The van der Waals surface area contributed by atoms with Crippen LogP contribution in [0.3, 0.4) is 0 Å². The Labute approximate surface area is 126 Å². The summed E-state index contributed by atoms with van der Waals surface area (Å²) in [4.78, 5) is 0. The van der Waals surface area contributed by atoms with Gasteiger partial charge in [0.05, 0.1) is 0 Å². The van der Waals surface area contributed by atoms with Crippen LogP contribution in [-0.2, 0) is 13.0 Å². The molecule has 0 radical (unpaired) electrons. The van der Waals surface area contributed by atoms with Gasteiger partial charge in [0.15, 0.2) is 5.16 Å². The fraction of sp³-hybridized carbons (Fsp3) is 0.867. The summed E-state index contributed by atoms with van der Waals surface area (Å²) >= 11 is 1.97. The van der Waals surface area contributed by atoms with Gasteiger partial charge in [0, 0.05) is 24.3 Å². The highest BCUT2D eigenvalue weighted by Gasteiger charge is 2.27. The highest BCUT2D eigenvalue weighted by molar-refractivity contribution is 7.99. The van der Waals surface area contributed by atoms with E-state index in [1.54, 1.807) is 0 Å². The van der Waals surface area contributed by atoms with Gasteiger partial charge in [-0.3, -0.25) is 0 Å². The van der Waals surface area contributed by atoms with Crippen LogP contribution in [0.2, 0.25) is 0 Å². The molecule has 2 aliphatic rings. The molecule has 112 valence electrons. The van der Waals surface area contributed by atoms with Crippen molar-refractivity contribution in [1.82, 2.24) is 20.1 Å². The Morgan fingerprint density at radius 3 is 2.95 bits per heavy atom. The van der Waals surface area contributed by atoms with Gasteiger partial charge in [-0.05, 0) is 32.2 Å². The Balaban J connectivity index is 1.71. The van der Waals surface area contributed by atoms with E-state index >= 15 is 0 Å². The first kappa shape index (κ1) is 14.4. The second kappa shape index (κ2) is 6.94. The molecule has 4 nitrogen and oxygen atoms in total. The number of thioether (sulfide) groups is 1. The minimum absolute atomic E-state index is 0.650. The SMILES string of the molecule is CCNC1CCCCC1Sc1nnc2n1CCCCC2. The molecule has 2 heterocycles. The third-order valence-electron chi connectivity index (χ3n) is 4.50. The van der Waals surface area contributed by atoms with Crippen LogP contribution >= 0.6 is 11.8 Å². The van der Waals surface area contributed by atoms with E-state index < -0.39 is 0 Å². The average Bonchev–Trinajstić information content (AvgIpc) is 2.70. The van der Waals surface area contributed by atoms with E-state index in [1.165, 1.54) is 50.8 Å². The van der Waals surface area contributed by atoms with E-state index in [-0.39, 0.29) is 0 Å². The van der Waals surface area contributed by atoms with Crippen LogP contribution in [0.25, 0.3) is 0 Å². The zero-order chi connectivity index (χ0) is 13.8. The molecule has 0 aromatic carbocycles. The summed E-state index contributed by atoms with van der Waals surface area (Å²) in [5.74, 6) is 1.21. The van der Waals surface area contributed by atoms with Crippen molar-refractivity contribution in [2.24, 2.45) is 0 Å². The molecule has 1 saturated carbocycles. The summed E-state index contributed by atoms with van der Waals surface area (Å²) in [6.45, 7) is 4.39. The number of fused-ring (bicyclic) bond motifs is 1. The molecule has 1 aliphatic heterocycles. The molecule has 3 rings (SSSR count). The molecule has 5 heteroatoms. The molecule has 0 bridgehead atoms. The summed E-state index contributed by atoms with van der Waals surface area (Å²) in [5.41, 5.74) is 0. The number of aromatic nitrogens is 3. The highest BCUT2D eigenvalue weighted by Crippen LogP contribution is 2.34. The van der Waals surface area contributed by atoms with Crippen LogP contribution in [0.4, 0.5) is 0 Å². The van der Waals surface area contributed by atoms with E-state index in [9.17, 15) is 0 Å². The minimum atomic E-state index is 0.650. The molecule has 1 aromatic heterocycles. The Morgan fingerprint density at radius 1 is 1.15 bits per heavy atom. The van der Waals surface area contributed by atoms with Crippen molar-refractivity contribution >= 4 is 11.8 Å². The van der Waals surface area contributed by atoms with Gasteiger partial charge in [0.2, 0.25) is 0 Å². The monoisotopic (exact) mass is 294 g/mol. The lowest BCUT2D eigenvalue weighted by Gasteiger charge is -2.31. The third kappa shape index (κ3) is 3.19. The Hall–Kier alpha value is -0.550. The van der Waals surface area contributed by atoms with Gasteiger partial charge in [-0.15, -0.1) is 10.2 Å². The van der Waals surface area contributed by atoms with Gasteiger partial charge in [0.25, 0.3) is 0 Å². The van der Waals surface area contributed by atoms with Crippen molar-refractivity contribution in [3.8, 4) is 0 Å². The molecule has 20 heavy (non-hydrogen) atoms. The van der Waals surface area contributed by atoms with Gasteiger partial charge < -0.3 is 9.88 Å². The van der Waals surface area contributed by atoms with Crippen LogP contribution in [0.1, 0.15) is 57.7 Å². The molecule has 0 spiro atoms. The number of aryl methyl sites for hydroxylation is 1. The van der Waals surface area contributed by atoms with Crippen molar-refractivity contribution in [2.75, 3.05) is 6.54 Å². The fourth-order valence-electron chi connectivity index (χ4n) is 3.41. The number of rotatable bonds is 4. The molecule has 1 fully saturated rings. The molecular weight excluding hydrogens is 268 g/mol. The first-order chi connectivity index (χ1) is 9.88. The van der Waals surface area contributed by atoms with E-state index in [2.05, 4.69) is 27.0 Å². The maximum absolute atomic E-state index is 4.48. The smallest absolute Gasteiger partial charge is 0.191 e. The van der Waals surface area contributed by atoms with Gasteiger partial charge in [-0.25, -0.2) is 0 Å². The van der Waals surface area contributed by atoms with Crippen LogP contribution in [0, 0.1) is 0 Å². The molecule has 1 N–H and O–H groups in total. The molecule has 0 amide bonds. The summed E-state index contributed by atoms with van der Waals surface area (Å²) in [6, 6.07) is 0.650. The predicted octanol–water partition coefficient (Wildman–Crippen LogP) is 3.02. The lowest BCUT2D eigenvalue weighted by atomic mass is 9.95. The van der Waals surface area contributed by atoms with Crippen molar-refractivity contribution in [3.05, 3.63) is 5.82 Å². The number of hydrogen-bond donors (Lipinski definition) is 1. The summed E-state index contributed by atoms with van der Waals surface area (Å²) in [5, 5.41) is 14.4. The first-order valence-corrected chi connectivity index (χ1v) is 9.08. The van der Waals surface area contributed by atoms with E-state index in [1.807, 2.05) is 11.8 Å². The normalized spacial score (nSPS) is 27.1. The summed E-state index contributed by atoms with van der Waals surface area (Å²) in [6.07, 6.45) is 10.3. The van der Waals surface area contributed by atoms with Crippen molar-refractivity contribution in [3.63, 3.8) is 0 Å². The van der Waals surface area contributed by atoms with Crippen LogP contribution in [-0.4, -0.2) is 32.6 Å². The van der Waals surface area contributed by atoms with Crippen LogP contribution in [0.15, 0.2) is 5.16 Å². The number of hydrogen-bond acceptors (Lipinski definition) is 4. The standard InChI is InChI=1S/C15H26N4S/c1-2-16-12-8-5-6-9-13(12)20-15-18-17-14-10-4-3-7-11-19(14)15/h12-13,16H,2-11H2,1H3.